The summed E-state index contributed by atoms with van der Waals surface area (Å²) in [7, 11) is 0. The largest absolute Gasteiger partial charge is 0.339 e. The number of amides is 2. The summed E-state index contributed by atoms with van der Waals surface area (Å²) in [4.78, 5) is 38.1. The van der Waals surface area contributed by atoms with Crippen molar-refractivity contribution in [2.75, 3.05) is 26.2 Å². The minimum Gasteiger partial charge on any atom is -0.339 e. The molecule has 4 heterocycles. The fourth-order valence-electron chi connectivity index (χ4n) is 3.84. The molecule has 0 atom stereocenters. The molecule has 1 saturated heterocycles. The second kappa shape index (κ2) is 9.07. The van der Waals surface area contributed by atoms with E-state index in [4.69, 9.17) is 0 Å². The zero-order valence-corrected chi connectivity index (χ0v) is 17.8. The van der Waals surface area contributed by atoms with Gasteiger partial charge in [-0.3, -0.25) is 14.6 Å². The molecule has 0 aromatic carbocycles. The van der Waals surface area contributed by atoms with Crippen LogP contribution in [0.4, 0.5) is 0 Å². The normalized spacial score (nSPS) is 14.2. The molecule has 0 unspecified atom stereocenters. The molecule has 160 valence electrons. The maximum atomic E-state index is 13.3. The first-order chi connectivity index (χ1) is 15.0. The van der Waals surface area contributed by atoms with E-state index in [9.17, 15) is 9.59 Å². The number of rotatable bonds is 5. The fourth-order valence-corrected chi connectivity index (χ4v) is 3.84. The Bertz CT molecular complexity index is 1040. The van der Waals surface area contributed by atoms with Crippen LogP contribution in [0.15, 0.2) is 55.0 Å². The average molecular weight is 419 g/mol. The number of piperazine rings is 1. The molecule has 8 heteroatoms. The number of pyridine rings is 2. The van der Waals surface area contributed by atoms with Crippen LogP contribution < -0.4 is 0 Å². The van der Waals surface area contributed by atoms with Crippen LogP contribution in [0.5, 0.6) is 0 Å². The van der Waals surface area contributed by atoms with E-state index in [0.717, 1.165) is 11.4 Å². The van der Waals surface area contributed by atoms with Gasteiger partial charge in [-0.1, -0.05) is 26.0 Å². The predicted molar refractivity (Wildman–Crippen MR) is 116 cm³/mol. The van der Waals surface area contributed by atoms with E-state index in [2.05, 4.69) is 15.1 Å². The van der Waals surface area contributed by atoms with Crippen molar-refractivity contribution in [2.45, 2.75) is 26.2 Å². The zero-order chi connectivity index (χ0) is 21.8. The Balaban J connectivity index is 1.44. The number of hydrogen-bond acceptors (Lipinski definition) is 5. The first kappa shape index (κ1) is 20.7. The van der Waals surface area contributed by atoms with Crippen LogP contribution in [0.25, 0.3) is 5.82 Å². The summed E-state index contributed by atoms with van der Waals surface area (Å²) in [6.07, 6.45) is 5.31. The van der Waals surface area contributed by atoms with Crippen molar-refractivity contribution >= 4 is 11.8 Å². The van der Waals surface area contributed by atoms with Crippen LogP contribution in [-0.4, -0.2) is 67.5 Å². The van der Waals surface area contributed by atoms with Crippen LogP contribution in [-0.2, 0) is 11.2 Å². The Kier molecular flexibility index (Phi) is 6.06. The second-order valence-electron chi connectivity index (χ2n) is 7.87. The van der Waals surface area contributed by atoms with Crippen LogP contribution >= 0.6 is 0 Å². The summed E-state index contributed by atoms with van der Waals surface area (Å²) >= 11 is 0. The number of carbonyl (C=O) groups excluding carboxylic acids is 2. The van der Waals surface area contributed by atoms with Crippen molar-refractivity contribution in [1.82, 2.24) is 29.5 Å². The van der Waals surface area contributed by atoms with Crippen molar-refractivity contribution < 1.29 is 9.59 Å². The highest BCUT2D eigenvalue weighted by atomic mass is 16.2. The molecule has 1 fully saturated rings. The van der Waals surface area contributed by atoms with Crippen molar-refractivity contribution in [2.24, 2.45) is 0 Å². The van der Waals surface area contributed by atoms with Gasteiger partial charge < -0.3 is 9.80 Å². The summed E-state index contributed by atoms with van der Waals surface area (Å²) in [5.41, 5.74) is 2.20. The molecular formula is C23H26N6O2. The third-order valence-electron chi connectivity index (χ3n) is 5.43. The van der Waals surface area contributed by atoms with Gasteiger partial charge in [-0.15, -0.1) is 0 Å². The lowest BCUT2D eigenvalue weighted by Crippen LogP contribution is -2.51. The molecular weight excluding hydrogens is 392 g/mol. The van der Waals surface area contributed by atoms with Crippen molar-refractivity contribution in [3.05, 3.63) is 71.9 Å². The van der Waals surface area contributed by atoms with E-state index in [0.29, 0.717) is 37.6 Å². The van der Waals surface area contributed by atoms with Gasteiger partial charge in [-0.05, 0) is 30.2 Å². The zero-order valence-electron chi connectivity index (χ0n) is 17.8. The molecule has 0 aliphatic carbocycles. The van der Waals surface area contributed by atoms with E-state index in [-0.39, 0.29) is 24.2 Å². The fraction of sp³-hybridized carbons (Fsp3) is 0.348. The highest BCUT2D eigenvalue weighted by molar-refractivity contribution is 5.95. The van der Waals surface area contributed by atoms with E-state index in [1.165, 1.54) is 0 Å². The molecule has 0 radical (unpaired) electrons. The van der Waals surface area contributed by atoms with Crippen molar-refractivity contribution in [1.29, 1.82) is 0 Å². The van der Waals surface area contributed by atoms with E-state index < -0.39 is 0 Å². The Labute approximate surface area is 181 Å². The first-order valence-electron chi connectivity index (χ1n) is 10.5. The Morgan fingerprint density at radius 2 is 1.61 bits per heavy atom. The van der Waals surface area contributed by atoms with E-state index in [1.54, 1.807) is 33.1 Å². The summed E-state index contributed by atoms with van der Waals surface area (Å²) in [5, 5.41) is 4.45. The Hall–Kier alpha value is -3.55. The smallest absolute Gasteiger partial charge is 0.257 e. The lowest BCUT2D eigenvalue weighted by molar-refractivity contribution is -0.132. The molecule has 2 amide bonds. The standard InChI is InChI=1S/C23H26N6O2/c1-17(2)22-19(16-26-29(22)20-8-4-6-10-25-20)23(31)28-13-11-27(12-14-28)21(30)15-18-7-3-5-9-24-18/h3-10,16-17H,11-15H2,1-2H3. The third-order valence-corrected chi connectivity index (χ3v) is 5.43. The van der Waals surface area contributed by atoms with Gasteiger partial charge in [0.15, 0.2) is 5.82 Å². The molecule has 8 nitrogen and oxygen atoms in total. The topological polar surface area (TPSA) is 84.2 Å². The molecule has 0 N–H and O–H groups in total. The quantitative estimate of drug-likeness (QED) is 0.635. The molecule has 4 rings (SSSR count). The number of hydrogen-bond donors (Lipinski definition) is 0. The predicted octanol–water partition coefficient (Wildman–Crippen LogP) is 2.31. The second-order valence-corrected chi connectivity index (χ2v) is 7.87. The third kappa shape index (κ3) is 4.47. The van der Waals surface area contributed by atoms with Crippen LogP contribution in [0, 0.1) is 0 Å². The summed E-state index contributed by atoms with van der Waals surface area (Å²) in [6.45, 7) is 6.12. The molecule has 3 aromatic heterocycles. The van der Waals surface area contributed by atoms with Crippen LogP contribution in [0.1, 0.15) is 41.5 Å². The molecule has 1 aliphatic rings. The summed E-state index contributed by atoms with van der Waals surface area (Å²) < 4.78 is 1.74. The number of carbonyl (C=O) groups is 2. The van der Waals surface area contributed by atoms with Crippen LogP contribution in [0.2, 0.25) is 0 Å². The van der Waals surface area contributed by atoms with Gasteiger partial charge >= 0.3 is 0 Å². The Morgan fingerprint density at radius 3 is 2.23 bits per heavy atom. The number of aromatic nitrogens is 4. The van der Waals surface area contributed by atoms with E-state index >= 15 is 0 Å². The molecule has 3 aromatic rings. The lowest BCUT2D eigenvalue weighted by atomic mass is 10.0. The minimum atomic E-state index is -0.0530. The van der Waals surface area contributed by atoms with Gasteiger partial charge in [0.05, 0.1) is 23.9 Å². The maximum Gasteiger partial charge on any atom is 0.257 e. The molecule has 0 bridgehead atoms. The summed E-state index contributed by atoms with van der Waals surface area (Å²) in [6, 6.07) is 11.2. The van der Waals surface area contributed by atoms with E-state index in [1.807, 2.05) is 50.2 Å². The lowest BCUT2D eigenvalue weighted by Gasteiger charge is -2.35. The minimum absolute atomic E-state index is 0.0386. The first-order valence-corrected chi connectivity index (χ1v) is 10.5. The highest BCUT2D eigenvalue weighted by Gasteiger charge is 2.29. The van der Waals surface area contributed by atoms with Gasteiger partial charge in [-0.2, -0.15) is 5.10 Å². The molecule has 0 saturated carbocycles. The Morgan fingerprint density at radius 1 is 0.935 bits per heavy atom. The van der Waals surface area contributed by atoms with Gasteiger partial charge in [0.2, 0.25) is 5.91 Å². The van der Waals surface area contributed by atoms with Crippen molar-refractivity contribution in [3.63, 3.8) is 0 Å². The number of nitrogens with zero attached hydrogens (tertiary/aromatic N) is 6. The summed E-state index contributed by atoms with van der Waals surface area (Å²) in [5.74, 6) is 0.777. The SMILES string of the molecule is CC(C)c1c(C(=O)N2CCN(C(=O)Cc3ccccn3)CC2)cnn1-c1ccccn1. The maximum absolute atomic E-state index is 13.3. The van der Waals surface area contributed by atoms with Crippen LogP contribution in [0.3, 0.4) is 0 Å². The van der Waals surface area contributed by atoms with Crippen molar-refractivity contribution in [3.8, 4) is 5.82 Å². The monoisotopic (exact) mass is 418 g/mol. The van der Waals surface area contributed by atoms with Gasteiger partial charge in [0.25, 0.3) is 5.91 Å². The van der Waals surface area contributed by atoms with Gasteiger partial charge in [0.1, 0.15) is 0 Å². The van der Waals surface area contributed by atoms with Gasteiger partial charge in [0, 0.05) is 44.3 Å². The average Bonchev–Trinajstić information content (AvgIpc) is 3.25. The molecule has 0 spiro atoms. The molecule has 31 heavy (non-hydrogen) atoms. The molecule has 1 aliphatic heterocycles. The highest BCUT2D eigenvalue weighted by Crippen LogP contribution is 2.24. The van der Waals surface area contributed by atoms with Gasteiger partial charge in [-0.25, -0.2) is 9.67 Å².